The van der Waals surface area contributed by atoms with Crippen molar-refractivity contribution in [2.75, 3.05) is 34.8 Å². The van der Waals surface area contributed by atoms with E-state index in [1.807, 2.05) is 60.4 Å². The van der Waals surface area contributed by atoms with Gasteiger partial charge in [-0.05, 0) is 101 Å². The Morgan fingerprint density at radius 1 is 0.735 bits per heavy atom. The maximum Gasteiger partial charge on any atom is 0.540 e. The van der Waals surface area contributed by atoms with Gasteiger partial charge in [0.2, 0.25) is 35.4 Å². The Morgan fingerprint density at radius 2 is 1.20 bits per heavy atom. The van der Waals surface area contributed by atoms with E-state index in [1.54, 1.807) is 67.5 Å². The number of hydrogen-bond acceptors (Lipinski definition) is 11. The molecule has 0 heterocycles. The van der Waals surface area contributed by atoms with Gasteiger partial charge in [-0.3, -0.25) is 13.6 Å². The number of benzene rings is 3. The highest BCUT2D eigenvalue weighted by molar-refractivity contribution is 8.02. The third kappa shape index (κ3) is 13.1. The van der Waals surface area contributed by atoms with Crippen molar-refractivity contribution in [1.29, 1.82) is 0 Å². The molecule has 0 saturated heterocycles. The first-order chi connectivity index (χ1) is 23.6. The molecule has 0 aliphatic heterocycles. The predicted octanol–water partition coefficient (Wildman–Crippen LogP) is 6.99. The summed E-state index contributed by atoms with van der Waals surface area (Å²) in [5.41, 5.74) is 5.93. The monoisotopic (exact) mass is 777 g/mol. The normalized spacial score (nSPS) is 16.9. The molecule has 0 radical (unpaired) electrons. The average Bonchev–Trinajstić information content (AvgIpc) is 3.13. The highest BCUT2D eigenvalue weighted by atomic mass is 32.4. The van der Waals surface area contributed by atoms with Crippen molar-refractivity contribution in [2.45, 2.75) is 25.6 Å². The van der Waals surface area contributed by atoms with Crippen LogP contribution in [0.25, 0.3) is 0 Å². The molecule has 0 saturated carbocycles. The van der Waals surface area contributed by atoms with Crippen LogP contribution in [-0.2, 0) is 46.8 Å². The summed E-state index contributed by atoms with van der Waals surface area (Å²) in [4.78, 5) is 0. The van der Waals surface area contributed by atoms with Crippen molar-refractivity contribution in [3.63, 3.8) is 0 Å². The molecule has 0 amide bonds. The smallest absolute Gasteiger partial charge is 0.392 e. The maximum absolute atomic E-state index is 9.19. The zero-order valence-corrected chi connectivity index (χ0v) is 32.7. The summed E-state index contributed by atoms with van der Waals surface area (Å²) in [5, 5.41) is 18.1. The summed E-state index contributed by atoms with van der Waals surface area (Å²) in [6, 6.07) is 22.2. The lowest BCUT2D eigenvalue weighted by atomic mass is 9.94. The zero-order chi connectivity index (χ0) is 35.2. The van der Waals surface area contributed by atoms with Crippen molar-refractivity contribution in [1.82, 2.24) is 19.8 Å². The van der Waals surface area contributed by atoms with Crippen molar-refractivity contribution >= 4 is 69.1 Å². The number of nitrogens with one attached hydrogen (secondary N) is 1. The van der Waals surface area contributed by atoms with E-state index in [9.17, 15) is 5.11 Å². The Balaban J connectivity index is 1.18. The SMILES string of the molecule is COC1C=CC(CNN(C)[P+](=S)Oc2ccc(/C=N/N(C)[P+](=S)Oc3ccc(/C=N/N(C)[P+](=S)Oc4ccc(CO)cc4)cc3)cc2)CC1. The van der Waals surface area contributed by atoms with Crippen LogP contribution < -0.4 is 19.0 Å². The molecule has 17 heteroatoms. The van der Waals surface area contributed by atoms with Crippen LogP contribution in [-0.4, -0.2) is 72.8 Å². The molecule has 5 atom stereocenters. The van der Waals surface area contributed by atoms with E-state index >= 15 is 0 Å². The van der Waals surface area contributed by atoms with Gasteiger partial charge in [0.1, 0.15) is 0 Å². The average molecular weight is 778 g/mol. The van der Waals surface area contributed by atoms with Gasteiger partial charge in [-0.1, -0.05) is 33.8 Å². The summed E-state index contributed by atoms with van der Waals surface area (Å²) < 4.78 is 28.2. The van der Waals surface area contributed by atoms with Crippen molar-refractivity contribution < 1.29 is 23.4 Å². The standard InChI is InChI=1S/C32H40N6O5P3S3/c1-36(33-21-25-5-13-29(40-4)14-6-25)44(47)41-30-15-7-26(8-16-30)22-34-37(2)45(48)42-31-17-9-27(10-18-31)23-35-38(3)46(49)43-32-19-11-28(24-39)12-20-32/h5,7-13,15-20,22-23,25,29,33,39H,6,14,21,24H2,1-4H3/q+3/b34-22+,35-23+. The van der Waals surface area contributed by atoms with E-state index in [0.717, 1.165) is 36.1 Å². The topological polar surface area (TPSA) is 104 Å². The molecule has 2 N–H and O–H groups in total. The molecule has 1 aliphatic rings. The van der Waals surface area contributed by atoms with E-state index in [2.05, 4.69) is 27.8 Å². The number of aliphatic hydroxyl groups is 1. The van der Waals surface area contributed by atoms with Crippen molar-refractivity contribution in [3.8, 4) is 17.2 Å². The minimum absolute atomic E-state index is 0.0211. The van der Waals surface area contributed by atoms with E-state index in [-0.39, 0.29) is 12.7 Å². The van der Waals surface area contributed by atoms with Gasteiger partial charge in [0.15, 0.2) is 17.2 Å². The molecule has 0 fully saturated rings. The second-order valence-electron chi connectivity index (χ2n) is 10.8. The number of ether oxygens (including phenoxy) is 1. The fourth-order valence-electron chi connectivity index (χ4n) is 4.25. The Labute approximate surface area is 306 Å². The van der Waals surface area contributed by atoms with Crippen LogP contribution in [0.5, 0.6) is 17.2 Å². The summed E-state index contributed by atoms with van der Waals surface area (Å²) in [6.07, 6.45) is 10.1. The van der Waals surface area contributed by atoms with Gasteiger partial charge in [-0.2, -0.15) is 0 Å². The van der Waals surface area contributed by atoms with Crippen LogP contribution in [0, 0.1) is 5.92 Å². The van der Waals surface area contributed by atoms with Gasteiger partial charge in [0.25, 0.3) is 0 Å². The van der Waals surface area contributed by atoms with Crippen molar-refractivity contribution in [2.24, 2.45) is 16.1 Å². The van der Waals surface area contributed by atoms with Crippen LogP contribution >= 0.6 is 21.2 Å². The van der Waals surface area contributed by atoms with Gasteiger partial charge in [-0.25, -0.2) is 5.43 Å². The lowest BCUT2D eigenvalue weighted by Gasteiger charge is -2.22. The largest absolute Gasteiger partial charge is 0.540 e. The molecular formula is C32H40N6O5P3S3+3. The molecule has 4 rings (SSSR count). The quantitative estimate of drug-likeness (QED) is 0.0603. The molecule has 3 aromatic carbocycles. The second kappa shape index (κ2) is 20.1. The number of hydrazine groups is 1. The maximum atomic E-state index is 9.19. The lowest BCUT2D eigenvalue weighted by molar-refractivity contribution is 0.121. The first kappa shape index (κ1) is 38.9. The van der Waals surface area contributed by atoms with Crippen LogP contribution in [0.1, 0.15) is 29.5 Å². The summed E-state index contributed by atoms with van der Waals surface area (Å²) in [6.45, 7) is 0.781. The molecule has 0 spiro atoms. The Kier molecular flexibility index (Phi) is 16.0. The highest BCUT2D eigenvalue weighted by Gasteiger charge is 2.25. The molecule has 0 aromatic heterocycles. The van der Waals surface area contributed by atoms with Gasteiger partial charge in [-0.15, -0.1) is 10.2 Å². The Morgan fingerprint density at radius 3 is 1.63 bits per heavy atom. The Hall–Kier alpha value is -2.86. The van der Waals surface area contributed by atoms with E-state index in [1.165, 1.54) is 0 Å². The Bertz CT molecular complexity index is 1650. The lowest BCUT2D eigenvalue weighted by Crippen LogP contribution is -2.34. The predicted molar refractivity (Wildman–Crippen MR) is 209 cm³/mol. The molecule has 0 bridgehead atoms. The third-order valence-corrected chi connectivity index (χ3v) is 12.9. The van der Waals surface area contributed by atoms with Crippen molar-refractivity contribution in [3.05, 3.63) is 102 Å². The van der Waals surface area contributed by atoms with Gasteiger partial charge < -0.3 is 9.84 Å². The molecular weight excluding hydrogens is 738 g/mol. The zero-order valence-electron chi connectivity index (χ0n) is 27.6. The third-order valence-electron chi connectivity index (χ3n) is 7.19. The van der Waals surface area contributed by atoms with Crippen LogP contribution in [0.15, 0.2) is 95.2 Å². The van der Waals surface area contributed by atoms with Gasteiger partial charge in [0, 0.05) is 13.7 Å². The molecule has 3 aromatic rings. The first-order valence-corrected chi connectivity index (χ1v) is 21.9. The fourth-order valence-corrected chi connectivity index (χ4v) is 7.18. The molecule has 1 aliphatic carbocycles. The summed E-state index contributed by atoms with van der Waals surface area (Å²) in [7, 11) is 3.09. The molecule has 5 unspecified atom stereocenters. The van der Waals surface area contributed by atoms with E-state index in [0.29, 0.717) is 23.2 Å². The van der Waals surface area contributed by atoms with Crippen LogP contribution in [0.2, 0.25) is 0 Å². The highest BCUT2D eigenvalue weighted by Crippen LogP contribution is 2.33. The number of nitrogens with zero attached hydrogens (tertiary/aromatic N) is 5. The number of aliphatic hydroxyl groups excluding tert-OH is 1. The minimum Gasteiger partial charge on any atom is -0.392 e. The molecule has 49 heavy (non-hydrogen) atoms. The fraction of sp³-hybridized carbons (Fsp3) is 0.312. The number of rotatable bonds is 18. The number of hydrogen-bond donors (Lipinski definition) is 2. The van der Waals surface area contributed by atoms with Gasteiger partial charge in [0.05, 0.1) is 46.3 Å². The number of methoxy groups -OCH3 is 1. The summed E-state index contributed by atoms with van der Waals surface area (Å²) in [5.74, 6) is 2.40. The minimum atomic E-state index is -1.44. The first-order valence-electron chi connectivity index (χ1n) is 15.2. The van der Waals surface area contributed by atoms with Crippen LogP contribution in [0.3, 0.4) is 0 Å². The number of hydrazone groups is 2. The summed E-state index contributed by atoms with van der Waals surface area (Å²) >= 11 is 16.6. The molecule has 258 valence electrons. The second-order valence-corrected chi connectivity index (χ2v) is 17.3. The van der Waals surface area contributed by atoms with Gasteiger partial charge >= 0.3 is 21.2 Å². The molecule has 11 nitrogen and oxygen atoms in total. The van der Waals surface area contributed by atoms with E-state index in [4.69, 9.17) is 53.7 Å². The van der Waals surface area contributed by atoms with E-state index < -0.39 is 21.2 Å². The van der Waals surface area contributed by atoms with Crippen LogP contribution in [0.4, 0.5) is 0 Å².